The van der Waals surface area contributed by atoms with Crippen molar-refractivity contribution in [2.24, 2.45) is 11.7 Å². The molecule has 4 N–H and O–H groups in total. The summed E-state index contributed by atoms with van der Waals surface area (Å²) in [6, 6.07) is 6.36. The van der Waals surface area contributed by atoms with Crippen LogP contribution in [0.4, 0.5) is 5.69 Å². The molecule has 27 heavy (non-hydrogen) atoms. The Hall–Kier alpha value is -1.34. The monoisotopic (exact) mass is 420 g/mol. The molecule has 156 valence electrons. The summed E-state index contributed by atoms with van der Waals surface area (Å²) >= 11 is 0. The average molecular weight is 421 g/mol. The number of carbonyl (C=O) groups is 2. The molecule has 0 aliphatic carbocycles. The molecule has 0 fully saturated rings. The molecular weight excluding hydrogens is 387 g/mol. The Labute approximate surface area is 175 Å². The second-order valence-corrected chi connectivity index (χ2v) is 6.26. The highest BCUT2D eigenvalue weighted by Crippen LogP contribution is 2.13. The van der Waals surface area contributed by atoms with E-state index in [1.54, 1.807) is 24.3 Å². The molecule has 0 aliphatic rings. The fourth-order valence-corrected chi connectivity index (χ4v) is 2.45. The maximum Gasteiger partial charge on any atom is 0.251 e. The number of likely N-dealkylation sites (N-methyl/N-ethyl adjacent to an activating group) is 1. The minimum Gasteiger partial charge on any atom is -0.351 e. The fraction of sp³-hybridized carbons (Fsp3) is 0.579. The summed E-state index contributed by atoms with van der Waals surface area (Å²) in [5.41, 5.74) is 7.05. The molecule has 6 nitrogen and oxygen atoms in total. The van der Waals surface area contributed by atoms with Crippen molar-refractivity contribution in [1.82, 2.24) is 10.2 Å². The quantitative estimate of drug-likeness (QED) is 0.542. The maximum atomic E-state index is 12.3. The zero-order valence-corrected chi connectivity index (χ0v) is 18.3. The van der Waals surface area contributed by atoms with Crippen LogP contribution in [-0.2, 0) is 4.79 Å². The van der Waals surface area contributed by atoms with Crippen molar-refractivity contribution in [1.29, 1.82) is 0 Å². The molecule has 1 aromatic rings. The topological polar surface area (TPSA) is 87.5 Å². The van der Waals surface area contributed by atoms with E-state index in [1.807, 2.05) is 13.8 Å². The van der Waals surface area contributed by atoms with Gasteiger partial charge in [0, 0.05) is 24.3 Å². The van der Waals surface area contributed by atoms with Crippen LogP contribution in [0.5, 0.6) is 0 Å². The van der Waals surface area contributed by atoms with Gasteiger partial charge in [0.25, 0.3) is 5.91 Å². The second-order valence-electron chi connectivity index (χ2n) is 6.26. The maximum absolute atomic E-state index is 12.3. The molecule has 1 aromatic carbocycles. The number of amides is 2. The van der Waals surface area contributed by atoms with E-state index in [4.69, 9.17) is 5.73 Å². The van der Waals surface area contributed by atoms with E-state index in [9.17, 15) is 9.59 Å². The summed E-state index contributed by atoms with van der Waals surface area (Å²) < 4.78 is 0. The molecule has 0 saturated carbocycles. The van der Waals surface area contributed by atoms with Crippen LogP contribution in [0, 0.1) is 5.92 Å². The first-order valence-corrected chi connectivity index (χ1v) is 9.09. The van der Waals surface area contributed by atoms with Crippen molar-refractivity contribution in [3.05, 3.63) is 29.8 Å². The highest BCUT2D eigenvalue weighted by atomic mass is 35.5. The van der Waals surface area contributed by atoms with Crippen molar-refractivity contribution >= 4 is 42.3 Å². The number of nitrogens with two attached hydrogens (primary N) is 1. The standard InChI is InChI=1S/C19H32N4O2.2ClH/c1-5-14(4)17(20)19(25)22-16-10-8-9-15(13-16)18(24)21-11-12-23(6-2)7-3;;/h8-10,13-14,17H,5-7,11-12,20H2,1-4H3,(H,21,24)(H,22,25);2*1H. The first-order chi connectivity index (χ1) is 11.9. The molecule has 2 unspecified atom stereocenters. The average Bonchev–Trinajstić information content (AvgIpc) is 2.63. The molecule has 0 saturated heterocycles. The van der Waals surface area contributed by atoms with Gasteiger partial charge in [-0.25, -0.2) is 0 Å². The largest absolute Gasteiger partial charge is 0.351 e. The van der Waals surface area contributed by atoms with Crippen LogP contribution in [-0.4, -0.2) is 48.9 Å². The Morgan fingerprint density at radius 2 is 1.78 bits per heavy atom. The Morgan fingerprint density at radius 1 is 1.15 bits per heavy atom. The van der Waals surface area contributed by atoms with Crippen LogP contribution in [0.1, 0.15) is 44.5 Å². The molecule has 0 heterocycles. The van der Waals surface area contributed by atoms with Gasteiger partial charge in [-0.3, -0.25) is 9.59 Å². The number of nitrogens with zero attached hydrogens (tertiary/aromatic N) is 1. The number of hydrogen-bond donors (Lipinski definition) is 3. The summed E-state index contributed by atoms with van der Waals surface area (Å²) in [7, 11) is 0. The first kappa shape index (κ1) is 27.9. The van der Waals surface area contributed by atoms with Crippen LogP contribution < -0.4 is 16.4 Å². The van der Waals surface area contributed by atoms with Gasteiger partial charge in [0.15, 0.2) is 0 Å². The van der Waals surface area contributed by atoms with Gasteiger partial charge >= 0.3 is 0 Å². The highest BCUT2D eigenvalue weighted by Gasteiger charge is 2.19. The van der Waals surface area contributed by atoms with E-state index in [-0.39, 0.29) is 42.5 Å². The van der Waals surface area contributed by atoms with Crippen molar-refractivity contribution in [3.8, 4) is 0 Å². The summed E-state index contributed by atoms with van der Waals surface area (Å²) in [4.78, 5) is 26.7. The van der Waals surface area contributed by atoms with Crippen LogP contribution in [0.2, 0.25) is 0 Å². The predicted octanol–water partition coefficient (Wildman–Crippen LogP) is 2.91. The molecule has 0 radical (unpaired) electrons. The molecule has 2 amide bonds. The Bertz CT molecular complexity index is 568. The highest BCUT2D eigenvalue weighted by molar-refractivity contribution is 5.98. The van der Waals surface area contributed by atoms with Crippen molar-refractivity contribution in [3.63, 3.8) is 0 Å². The third-order valence-electron chi connectivity index (χ3n) is 4.56. The smallest absolute Gasteiger partial charge is 0.251 e. The van der Waals surface area contributed by atoms with Gasteiger partial charge in [0.1, 0.15) is 0 Å². The number of benzene rings is 1. The molecule has 0 bridgehead atoms. The summed E-state index contributed by atoms with van der Waals surface area (Å²) in [6.45, 7) is 11.5. The summed E-state index contributed by atoms with van der Waals surface area (Å²) in [5.74, 6) is -0.269. The van der Waals surface area contributed by atoms with Crippen molar-refractivity contribution < 1.29 is 9.59 Å². The molecular formula is C19H34Cl2N4O2. The van der Waals surface area contributed by atoms with Gasteiger partial charge in [0.2, 0.25) is 5.91 Å². The summed E-state index contributed by atoms with van der Waals surface area (Å²) in [6.07, 6.45) is 0.837. The Kier molecular flexibility index (Phi) is 15.2. The molecule has 2 atom stereocenters. The zero-order chi connectivity index (χ0) is 18.8. The van der Waals surface area contributed by atoms with Gasteiger partial charge in [-0.15, -0.1) is 24.8 Å². The fourth-order valence-electron chi connectivity index (χ4n) is 2.45. The summed E-state index contributed by atoms with van der Waals surface area (Å²) in [5, 5.41) is 5.70. The van der Waals surface area contributed by atoms with Gasteiger partial charge in [-0.1, -0.05) is 40.2 Å². The van der Waals surface area contributed by atoms with Gasteiger partial charge in [-0.05, 0) is 37.2 Å². The lowest BCUT2D eigenvalue weighted by Crippen LogP contribution is -2.40. The molecule has 1 rings (SSSR count). The third kappa shape index (κ3) is 9.42. The SMILES string of the molecule is CCC(C)C(N)C(=O)Nc1cccc(C(=O)NCCN(CC)CC)c1.Cl.Cl. The van der Waals surface area contributed by atoms with E-state index in [1.165, 1.54) is 0 Å². The third-order valence-corrected chi connectivity index (χ3v) is 4.56. The van der Waals surface area contributed by atoms with Crippen LogP contribution >= 0.6 is 24.8 Å². The minimum absolute atomic E-state index is 0. The predicted molar refractivity (Wildman–Crippen MR) is 117 cm³/mol. The number of halogens is 2. The molecule has 0 aliphatic heterocycles. The number of nitrogens with one attached hydrogen (secondary N) is 2. The van der Waals surface area contributed by atoms with Gasteiger partial charge in [0.05, 0.1) is 6.04 Å². The number of rotatable bonds is 10. The van der Waals surface area contributed by atoms with E-state index in [2.05, 4.69) is 29.4 Å². The van der Waals surface area contributed by atoms with Gasteiger partial charge in [-0.2, -0.15) is 0 Å². The van der Waals surface area contributed by atoms with E-state index in [0.717, 1.165) is 26.1 Å². The van der Waals surface area contributed by atoms with Crippen molar-refractivity contribution in [2.75, 3.05) is 31.5 Å². The minimum atomic E-state index is -0.559. The first-order valence-electron chi connectivity index (χ1n) is 9.09. The molecule has 0 aromatic heterocycles. The Balaban J connectivity index is 0. The van der Waals surface area contributed by atoms with Gasteiger partial charge < -0.3 is 21.3 Å². The van der Waals surface area contributed by atoms with E-state index >= 15 is 0 Å². The van der Waals surface area contributed by atoms with Crippen LogP contribution in [0.3, 0.4) is 0 Å². The number of anilines is 1. The lowest BCUT2D eigenvalue weighted by Gasteiger charge is -2.18. The number of hydrogen-bond acceptors (Lipinski definition) is 4. The van der Waals surface area contributed by atoms with Crippen LogP contribution in [0.25, 0.3) is 0 Å². The normalized spacial score (nSPS) is 12.4. The van der Waals surface area contributed by atoms with Crippen LogP contribution in [0.15, 0.2) is 24.3 Å². The zero-order valence-electron chi connectivity index (χ0n) is 16.7. The lowest BCUT2D eigenvalue weighted by atomic mass is 9.99. The van der Waals surface area contributed by atoms with Crippen molar-refractivity contribution in [2.45, 2.75) is 40.2 Å². The Morgan fingerprint density at radius 3 is 2.33 bits per heavy atom. The molecule has 8 heteroatoms. The number of carbonyl (C=O) groups excluding carboxylic acids is 2. The molecule has 0 spiro atoms. The second kappa shape index (κ2) is 14.7. The lowest BCUT2D eigenvalue weighted by molar-refractivity contribution is -0.118. The van der Waals surface area contributed by atoms with E-state index < -0.39 is 6.04 Å². The van der Waals surface area contributed by atoms with E-state index in [0.29, 0.717) is 17.8 Å².